The molecule has 0 aliphatic rings. The summed E-state index contributed by atoms with van der Waals surface area (Å²) in [5.74, 6) is -0.181. The first-order chi connectivity index (χ1) is 12.7. The number of anilines is 1. The fraction of sp³-hybridized carbons (Fsp3) is 0.0588. The Balaban J connectivity index is 1.94. The van der Waals surface area contributed by atoms with Crippen molar-refractivity contribution in [1.29, 1.82) is 0 Å². The molecule has 1 aromatic heterocycles. The number of amides is 1. The highest BCUT2D eigenvalue weighted by atomic mass is 32.2. The molecule has 0 fully saturated rings. The molecule has 0 aliphatic heterocycles. The monoisotopic (exact) mass is 387 g/mol. The molecule has 9 nitrogen and oxygen atoms in total. The number of carbonyl (C=O) groups excluding carboxylic acids is 1. The zero-order valence-electron chi connectivity index (χ0n) is 13.9. The molecule has 1 heterocycles. The van der Waals surface area contributed by atoms with Crippen LogP contribution in [0, 0.1) is 10.1 Å². The number of nitrogens with one attached hydrogen (secondary N) is 1. The Morgan fingerprint density at radius 2 is 2.00 bits per heavy atom. The van der Waals surface area contributed by atoms with E-state index in [-0.39, 0.29) is 10.5 Å². The number of sulfone groups is 1. The third kappa shape index (κ3) is 4.18. The van der Waals surface area contributed by atoms with Gasteiger partial charge in [0.2, 0.25) is 0 Å². The van der Waals surface area contributed by atoms with Crippen molar-refractivity contribution in [3.8, 4) is 11.3 Å². The Kier molecular flexibility index (Phi) is 4.74. The van der Waals surface area contributed by atoms with Crippen molar-refractivity contribution in [3.63, 3.8) is 0 Å². The topological polar surface area (TPSA) is 132 Å². The van der Waals surface area contributed by atoms with Crippen molar-refractivity contribution < 1.29 is 22.6 Å². The Hall–Kier alpha value is -3.53. The van der Waals surface area contributed by atoms with Crippen LogP contribution in [0.2, 0.25) is 0 Å². The summed E-state index contributed by atoms with van der Waals surface area (Å²) in [6.45, 7) is 0. The molecule has 0 aliphatic carbocycles. The number of non-ortho nitro benzene ring substituents is 1. The summed E-state index contributed by atoms with van der Waals surface area (Å²) >= 11 is 0. The van der Waals surface area contributed by atoms with E-state index in [4.69, 9.17) is 4.42 Å². The van der Waals surface area contributed by atoms with E-state index >= 15 is 0 Å². The number of oxazole rings is 1. The minimum Gasteiger partial charge on any atom is -0.444 e. The number of benzene rings is 2. The summed E-state index contributed by atoms with van der Waals surface area (Å²) in [6, 6.07) is 9.72. The van der Waals surface area contributed by atoms with Crippen molar-refractivity contribution in [2.24, 2.45) is 0 Å². The van der Waals surface area contributed by atoms with E-state index in [1.165, 1.54) is 12.6 Å². The number of aromatic nitrogens is 1. The lowest BCUT2D eigenvalue weighted by Gasteiger charge is -2.08. The quantitative estimate of drug-likeness (QED) is 0.526. The van der Waals surface area contributed by atoms with Crippen molar-refractivity contribution in [2.75, 3.05) is 11.6 Å². The van der Waals surface area contributed by atoms with Gasteiger partial charge in [-0.15, -0.1) is 0 Å². The number of rotatable bonds is 5. The molecule has 2 aromatic carbocycles. The minimum atomic E-state index is -3.73. The van der Waals surface area contributed by atoms with Crippen molar-refractivity contribution >= 4 is 27.1 Å². The van der Waals surface area contributed by atoms with E-state index in [0.29, 0.717) is 17.0 Å². The van der Waals surface area contributed by atoms with Crippen LogP contribution >= 0.6 is 0 Å². The van der Waals surface area contributed by atoms with Gasteiger partial charge < -0.3 is 9.73 Å². The van der Waals surface area contributed by atoms with E-state index in [1.54, 1.807) is 24.3 Å². The second kappa shape index (κ2) is 7.00. The molecule has 27 heavy (non-hydrogen) atoms. The molecule has 10 heteroatoms. The molecular formula is C17H13N3O6S. The Bertz CT molecular complexity index is 1120. The van der Waals surface area contributed by atoms with Gasteiger partial charge in [0.15, 0.2) is 22.0 Å². The van der Waals surface area contributed by atoms with Gasteiger partial charge >= 0.3 is 0 Å². The van der Waals surface area contributed by atoms with Gasteiger partial charge in [-0.25, -0.2) is 13.4 Å². The minimum absolute atomic E-state index is 0.144. The third-order valence-corrected chi connectivity index (χ3v) is 4.72. The van der Waals surface area contributed by atoms with Crippen LogP contribution in [0.4, 0.5) is 11.4 Å². The summed E-state index contributed by atoms with van der Waals surface area (Å²) in [5, 5.41) is 13.6. The van der Waals surface area contributed by atoms with Crippen molar-refractivity contribution in [2.45, 2.75) is 4.90 Å². The Morgan fingerprint density at radius 3 is 2.63 bits per heavy atom. The number of hydrogen-bond donors (Lipinski definition) is 1. The van der Waals surface area contributed by atoms with Crippen LogP contribution in [0.1, 0.15) is 10.4 Å². The zero-order valence-corrected chi connectivity index (χ0v) is 14.8. The first kappa shape index (κ1) is 18.3. The average Bonchev–Trinajstić information content (AvgIpc) is 3.15. The Labute approximate surface area is 153 Å². The van der Waals surface area contributed by atoms with E-state index in [1.807, 2.05) is 0 Å². The lowest BCUT2D eigenvalue weighted by molar-refractivity contribution is -0.385. The molecule has 3 rings (SSSR count). The molecule has 0 bridgehead atoms. The first-order valence-electron chi connectivity index (χ1n) is 7.54. The van der Waals surface area contributed by atoms with Gasteiger partial charge in [-0.2, -0.15) is 0 Å². The fourth-order valence-electron chi connectivity index (χ4n) is 2.35. The molecule has 3 aromatic rings. The molecule has 1 N–H and O–H groups in total. The maximum atomic E-state index is 12.5. The van der Waals surface area contributed by atoms with Crippen LogP contribution in [-0.4, -0.2) is 30.5 Å². The number of nitro groups is 1. The number of hydrogen-bond acceptors (Lipinski definition) is 7. The number of carbonyl (C=O) groups is 1. The highest BCUT2D eigenvalue weighted by Crippen LogP contribution is 2.24. The number of nitro benzene ring substituents is 1. The fourth-order valence-corrected chi connectivity index (χ4v) is 3.02. The molecule has 0 unspecified atom stereocenters. The van der Waals surface area contributed by atoms with E-state index in [0.717, 1.165) is 24.5 Å². The molecular weight excluding hydrogens is 374 g/mol. The number of nitrogens with zero attached hydrogens (tertiary/aromatic N) is 2. The molecule has 0 spiro atoms. The van der Waals surface area contributed by atoms with Gasteiger partial charge in [0.1, 0.15) is 0 Å². The normalized spacial score (nSPS) is 11.1. The standard InChI is InChI=1S/C17H13N3O6S/c1-27(24,25)15-7-12(6-14(8-15)20(22)23)17(21)19-13-4-2-3-11(5-13)16-9-18-10-26-16/h2-10H,1H3,(H,19,21). The third-order valence-electron chi connectivity index (χ3n) is 3.63. The highest BCUT2D eigenvalue weighted by molar-refractivity contribution is 7.90. The summed E-state index contributed by atoms with van der Waals surface area (Å²) in [4.78, 5) is 26.3. The van der Waals surface area contributed by atoms with Crippen molar-refractivity contribution in [3.05, 3.63) is 70.7 Å². The summed E-state index contributed by atoms with van der Waals surface area (Å²) in [6.07, 6.45) is 3.70. The second-order valence-electron chi connectivity index (χ2n) is 5.65. The lowest BCUT2D eigenvalue weighted by atomic mass is 10.1. The van der Waals surface area contributed by atoms with Crippen LogP contribution in [0.3, 0.4) is 0 Å². The summed E-state index contributed by atoms with van der Waals surface area (Å²) in [7, 11) is -3.73. The smallest absolute Gasteiger partial charge is 0.271 e. The predicted molar refractivity (Wildman–Crippen MR) is 96.1 cm³/mol. The van der Waals surface area contributed by atoms with Gasteiger partial charge in [0.25, 0.3) is 11.6 Å². The van der Waals surface area contributed by atoms with Crippen LogP contribution in [0.15, 0.2) is 64.4 Å². The van der Waals surface area contributed by atoms with E-state index in [2.05, 4.69) is 10.3 Å². The zero-order chi connectivity index (χ0) is 19.6. The molecule has 0 radical (unpaired) electrons. The molecule has 1 amide bonds. The summed E-state index contributed by atoms with van der Waals surface area (Å²) < 4.78 is 28.7. The van der Waals surface area contributed by atoms with Gasteiger partial charge in [-0.1, -0.05) is 12.1 Å². The molecule has 0 saturated carbocycles. The van der Waals surface area contributed by atoms with Gasteiger partial charge in [-0.05, 0) is 18.2 Å². The summed E-state index contributed by atoms with van der Waals surface area (Å²) in [5.41, 5.74) is 0.440. The molecule has 0 saturated heterocycles. The lowest BCUT2D eigenvalue weighted by Crippen LogP contribution is -2.13. The molecule has 0 atom stereocenters. The Morgan fingerprint density at radius 1 is 1.22 bits per heavy atom. The maximum absolute atomic E-state index is 12.5. The second-order valence-corrected chi connectivity index (χ2v) is 7.66. The maximum Gasteiger partial charge on any atom is 0.271 e. The van der Waals surface area contributed by atoms with Gasteiger partial charge in [-0.3, -0.25) is 14.9 Å². The largest absolute Gasteiger partial charge is 0.444 e. The highest BCUT2D eigenvalue weighted by Gasteiger charge is 2.19. The van der Waals surface area contributed by atoms with E-state index in [9.17, 15) is 23.3 Å². The van der Waals surface area contributed by atoms with Crippen molar-refractivity contribution in [1.82, 2.24) is 4.98 Å². The van der Waals surface area contributed by atoms with Crippen LogP contribution in [-0.2, 0) is 9.84 Å². The molecule has 138 valence electrons. The first-order valence-corrected chi connectivity index (χ1v) is 9.43. The van der Waals surface area contributed by atoms with Crippen LogP contribution in [0.5, 0.6) is 0 Å². The van der Waals surface area contributed by atoms with Gasteiger partial charge in [0.05, 0.1) is 16.0 Å². The average molecular weight is 387 g/mol. The van der Waals surface area contributed by atoms with Crippen LogP contribution in [0.25, 0.3) is 11.3 Å². The van der Waals surface area contributed by atoms with Crippen LogP contribution < -0.4 is 5.32 Å². The van der Waals surface area contributed by atoms with Gasteiger partial charge in [0, 0.05) is 35.2 Å². The van der Waals surface area contributed by atoms with E-state index < -0.39 is 26.4 Å². The SMILES string of the molecule is CS(=O)(=O)c1cc(C(=O)Nc2cccc(-c3cnco3)c2)cc([N+](=O)[O-])c1. The predicted octanol–water partition coefficient (Wildman–Crippen LogP) is 2.91.